The monoisotopic (exact) mass is 270 g/mol. The summed E-state index contributed by atoms with van der Waals surface area (Å²) in [6.45, 7) is 3.85. The molecule has 2 amide bonds. The molecule has 1 heterocycles. The van der Waals surface area contributed by atoms with E-state index in [1.807, 2.05) is 0 Å². The molecule has 8 nitrogen and oxygen atoms in total. The Hall–Kier alpha value is -2.12. The number of urea groups is 1. The smallest absolute Gasteiger partial charge is 0.315 e. The van der Waals surface area contributed by atoms with Gasteiger partial charge in [-0.1, -0.05) is 5.16 Å². The van der Waals surface area contributed by atoms with E-state index in [4.69, 9.17) is 9.63 Å². The molecule has 1 atom stereocenters. The van der Waals surface area contributed by atoms with E-state index in [1.165, 1.54) is 0 Å². The van der Waals surface area contributed by atoms with E-state index in [1.54, 1.807) is 13.8 Å². The van der Waals surface area contributed by atoms with Gasteiger partial charge in [-0.2, -0.15) is 4.98 Å². The van der Waals surface area contributed by atoms with Crippen LogP contribution in [0.1, 0.15) is 31.5 Å². The Morgan fingerprint density at radius 1 is 1.47 bits per heavy atom. The van der Waals surface area contributed by atoms with Crippen molar-refractivity contribution in [2.75, 3.05) is 6.54 Å². The van der Waals surface area contributed by atoms with Crippen molar-refractivity contribution in [1.82, 2.24) is 20.8 Å². The van der Waals surface area contributed by atoms with Gasteiger partial charge in [-0.05, 0) is 20.3 Å². The fourth-order valence-corrected chi connectivity index (χ4v) is 1.41. The Kier molecular flexibility index (Phi) is 5.77. The van der Waals surface area contributed by atoms with Gasteiger partial charge in [-0.15, -0.1) is 0 Å². The molecule has 0 fully saturated rings. The Morgan fingerprint density at radius 3 is 2.79 bits per heavy atom. The molecule has 1 aromatic rings. The summed E-state index contributed by atoms with van der Waals surface area (Å²) in [5.74, 6) is 0.152. The van der Waals surface area contributed by atoms with Crippen LogP contribution < -0.4 is 10.6 Å². The van der Waals surface area contributed by atoms with Gasteiger partial charge >= 0.3 is 12.0 Å². The molecule has 0 spiro atoms. The second-order valence-electron chi connectivity index (χ2n) is 4.22. The zero-order chi connectivity index (χ0) is 14.3. The molecule has 1 aromatic heterocycles. The molecule has 0 aliphatic rings. The zero-order valence-corrected chi connectivity index (χ0v) is 11.0. The Labute approximate surface area is 110 Å². The number of amides is 2. The van der Waals surface area contributed by atoms with Gasteiger partial charge in [-0.25, -0.2) is 4.79 Å². The quantitative estimate of drug-likeness (QED) is 0.663. The van der Waals surface area contributed by atoms with E-state index in [2.05, 4.69) is 20.8 Å². The lowest BCUT2D eigenvalue weighted by Crippen LogP contribution is -2.41. The van der Waals surface area contributed by atoms with Gasteiger partial charge in [-0.3, -0.25) is 4.79 Å². The molecule has 106 valence electrons. The summed E-state index contributed by atoms with van der Waals surface area (Å²) in [7, 11) is 0. The topological polar surface area (TPSA) is 117 Å². The highest BCUT2D eigenvalue weighted by atomic mass is 16.5. The van der Waals surface area contributed by atoms with Crippen LogP contribution in [0.3, 0.4) is 0 Å². The maximum Gasteiger partial charge on any atom is 0.315 e. The van der Waals surface area contributed by atoms with Gasteiger partial charge in [0.25, 0.3) is 0 Å². The molecule has 8 heteroatoms. The van der Waals surface area contributed by atoms with E-state index in [0.717, 1.165) is 0 Å². The summed E-state index contributed by atoms with van der Waals surface area (Å²) in [6.07, 6.45) is 0.881. The number of hydrogen-bond donors (Lipinski definition) is 3. The van der Waals surface area contributed by atoms with Gasteiger partial charge in [0.2, 0.25) is 5.89 Å². The molecule has 3 N–H and O–H groups in total. The SMILES string of the molecule is Cc1noc(CCNC(=O)NC(C)CCC(=O)O)n1. The third-order valence-corrected chi connectivity index (χ3v) is 2.36. The second kappa shape index (κ2) is 7.34. The number of carbonyl (C=O) groups is 2. The molecule has 0 aromatic carbocycles. The minimum atomic E-state index is -0.874. The number of carboxylic acid groups (broad SMARTS) is 1. The van der Waals surface area contributed by atoms with Crippen LogP contribution in [-0.4, -0.2) is 39.8 Å². The van der Waals surface area contributed by atoms with Crippen molar-refractivity contribution in [1.29, 1.82) is 0 Å². The van der Waals surface area contributed by atoms with Crippen molar-refractivity contribution in [3.05, 3.63) is 11.7 Å². The largest absolute Gasteiger partial charge is 0.481 e. The first-order valence-electron chi connectivity index (χ1n) is 6.02. The molecule has 0 aliphatic heterocycles. The van der Waals surface area contributed by atoms with Gasteiger partial charge < -0.3 is 20.3 Å². The highest BCUT2D eigenvalue weighted by Gasteiger charge is 2.09. The van der Waals surface area contributed by atoms with Crippen LogP contribution in [0.25, 0.3) is 0 Å². The minimum Gasteiger partial charge on any atom is -0.481 e. The standard InChI is InChI=1S/C11H18N4O4/c1-7(3-4-10(16)17)13-11(18)12-6-5-9-14-8(2)15-19-9/h7H,3-6H2,1-2H3,(H,16,17)(H2,12,13,18). The van der Waals surface area contributed by atoms with E-state index in [9.17, 15) is 9.59 Å². The summed E-state index contributed by atoms with van der Waals surface area (Å²) in [5, 5.41) is 17.4. The number of aliphatic carboxylic acids is 1. The number of hydrogen-bond acceptors (Lipinski definition) is 5. The first-order chi connectivity index (χ1) is 8.97. The van der Waals surface area contributed by atoms with Crippen molar-refractivity contribution in [3.8, 4) is 0 Å². The van der Waals surface area contributed by atoms with E-state index in [0.29, 0.717) is 31.1 Å². The Balaban J connectivity index is 2.15. The summed E-state index contributed by atoms with van der Waals surface area (Å²) < 4.78 is 4.89. The summed E-state index contributed by atoms with van der Waals surface area (Å²) in [6, 6.07) is -0.532. The lowest BCUT2D eigenvalue weighted by molar-refractivity contribution is -0.137. The second-order valence-corrected chi connectivity index (χ2v) is 4.22. The molecular formula is C11H18N4O4. The third-order valence-electron chi connectivity index (χ3n) is 2.36. The fourth-order valence-electron chi connectivity index (χ4n) is 1.41. The number of carboxylic acids is 1. The van der Waals surface area contributed by atoms with Gasteiger partial charge in [0.1, 0.15) is 0 Å². The first kappa shape index (κ1) is 14.9. The molecular weight excluding hydrogens is 252 g/mol. The fraction of sp³-hybridized carbons (Fsp3) is 0.636. The van der Waals surface area contributed by atoms with Crippen LogP contribution >= 0.6 is 0 Å². The number of carbonyl (C=O) groups excluding carboxylic acids is 1. The van der Waals surface area contributed by atoms with Crippen LogP contribution in [0.15, 0.2) is 4.52 Å². The van der Waals surface area contributed by atoms with Crippen molar-refractivity contribution >= 4 is 12.0 Å². The number of rotatable bonds is 7. The van der Waals surface area contributed by atoms with Gasteiger partial charge in [0.05, 0.1) is 0 Å². The summed E-state index contributed by atoms with van der Waals surface area (Å²) in [5.41, 5.74) is 0. The number of nitrogens with zero attached hydrogens (tertiary/aromatic N) is 2. The number of aromatic nitrogens is 2. The molecule has 1 rings (SSSR count). The molecule has 0 aliphatic carbocycles. The molecule has 1 unspecified atom stereocenters. The molecule has 0 saturated heterocycles. The van der Waals surface area contributed by atoms with Crippen molar-refractivity contribution < 1.29 is 19.2 Å². The maximum atomic E-state index is 11.5. The lowest BCUT2D eigenvalue weighted by atomic mass is 10.2. The average Bonchev–Trinajstić information content (AvgIpc) is 2.72. The molecule has 0 saturated carbocycles. The molecule has 19 heavy (non-hydrogen) atoms. The van der Waals surface area contributed by atoms with Crippen molar-refractivity contribution in [2.45, 2.75) is 39.2 Å². The van der Waals surface area contributed by atoms with Crippen LogP contribution in [0.4, 0.5) is 4.79 Å². The van der Waals surface area contributed by atoms with Gasteiger partial charge in [0, 0.05) is 25.4 Å². The van der Waals surface area contributed by atoms with Crippen molar-refractivity contribution in [2.24, 2.45) is 0 Å². The average molecular weight is 270 g/mol. The van der Waals surface area contributed by atoms with Crippen LogP contribution in [0, 0.1) is 6.92 Å². The predicted molar refractivity (Wildman–Crippen MR) is 65.6 cm³/mol. The Morgan fingerprint density at radius 2 is 2.21 bits per heavy atom. The van der Waals surface area contributed by atoms with Crippen LogP contribution in [0.5, 0.6) is 0 Å². The molecule has 0 bridgehead atoms. The lowest BCUT2D eigenvalue weighted by Gasteiger charge is -2.13. The van der Waals surface area contributed by atoms with Crippen LogP contribution in [-0.2, 0) is 11.2 Å². The number of aryl methyl sites for hydroxylation is 1. The number of nitrogens with one attached hydrogen (secondary N) is 2. The summed E-state index contributed by atoms with van der Waals surface area (Å²) in [4.78, 5) is 25.8. The van der Waals surface area contributed by atoms with Gasteiger partial charge in [0.15, 0.2) is 5.82 Å². The zero-order valence-electron chi connectivity index (χ0n) is 11.0. The third kappa shape index (κ3) is 6.39. The maximum absolute atomic E-state index is 11.5. The highest BCUT2D eigenvalue weighted by Crippen LogP contribution is 1.97. The normalized spacial score (nSPS) is 11.9. The van der Waals surface area contributed by atoms with E-state index >= 15 is 0 Å². The van der Waals surface area contributed by atoms with Crippen molar-refractivity contribution in [3.63, 3.8) is 0 Å². The van der Waals surface area contributed by atoms with E-state index in [-0.39, 0.29) is 18.5 Å². The van der Waals surface area contributed by atoms with Crippen LogP contribution in [0.2, 0.25) is 0 Å². The highest BCUT2D eigenvalue weighted by molar-refractivity contribution is 5.74. The minimum absolute atomic E-state index is 0.0305. The molecule has 0 radical (unpaired) electrons. The first-order valence-corrected chi connectivity index (χ1v) is 6.02. The van der Waals surface area contributed by atoms with E-state index < -0.39 is 5.97 Å². The Bertz CT molecular complexity index is 432. The predicted octanol–water partition coefficient (Wildman–Crippen LogP) is 0.473. The summed E-state index contributed by atoms with van der Waals surface area (Å²) >= 11 is 0.